The summed E-state index contributed by atoms with van der Waals surface area (Å²) < 4.78 is 1.41. The summed E-state index contributed by atoms with van der Waals surface area (Å²) in [6.07, 6.45) is 1.50. The lowest BCUT2D eigenvalue weighted by Gasteiger charge is -1.95. The van der Waals surface area contributed by atoms with Crippen molar-refractivity contribution in [2.45, 2.75) is 6.92 Å². The molecule has 0 aliphatic rings. The molecule has 0 bridgehead atoms. The smallest absolute Gasteiger partial charge is 0.352 e. The third-order valence-corrected chi connectivity index (χ3v) is 4.29. The van der Waals surface area contributed by atoms with Gasteiger partial charge in [-0.1, -0.05) is 11.6 Å². The lowest BCUT2D eigenvalue weighted by atomic mass is 10.1. The molecule has 0 unspecified atom stereocenters. The first-order chi connectivity index (χ1) is 8.41. The van der Waals surface area contributed by atoms with Gasteiger partial charge in [-0.2, -0.15) is 0 Å². The molecule has 0 radical (unpaired) electrons. The Balaban J connectivity index is 2.44. The maximum Gasteiger partial charge on any atom is 0.352 e. The average molecular weight is 284 g/mol. The molecule has 0 saturated heterocycles. The molecule has 6 heteroatoms. The molecular formula is C12H10ClNO3S. The van der Waals surface area contributed by atoms with Crippen LogP contribution in [0.2, 0.25) is 5.02 Å². The van der Waals surface area contributed by atoms with E-state index in [1.54, 1.807) is 12.4 Å². The van der Waals surface area contributed by atoms with Crippen molar-refractivity contribution in [2.75, 3.05) is 0 Å². The van der Waals surface area contributed by atoms with E-state index in [4.69, 9.17) is 16.7 Å². The number of ketones is 1. The van der Waals surface area contributed by atoms with Gasteiger partial charge in [-0.15, -0.1) is 11.3 Å². The molecule has 0 aliphatic heterocycles. The number of aromatic nitrogens is 1. The van der Waals surface area contributed by atoms with E-state index in [2.05, 4.69) is 0 Å². The SMILES string of the molecule is Cc1csc(C(=O)c2cc(C(=O)O)n(C)c2)c1Cl. The van der Waals surface area contributed by atoms with Crippen LogP contribution in [0.4, 0.5) is 0 Å². The highest BCUT2D eigenvalue weighted by Crippen LogP contribution is 2.29. The topological polar surface area (TPSA) is 59.3 Å². The van der Waals surface area contributed by atoms with E-state index in [0.29, 0.717) is 15.5 Å². The number of nitrogens with zero attached hydrogens (tertiary/aromatic N) is 1. The highest BCUT2D eigenvalue weighted by Gasteiger charge is 2.20. The summed E-state index contributed by atoms with van der Waals surface area (Å²) >= 11 is 7.29. The number of carboxylic acids is 1. The van der Waals surface area contributed by atoms with E-state index in [1.165, 1.54) is 28.2 Å². The van der Waals surface area contributed by atoms with Gasteiger partial charge in [-0.05, 0) is 23.9 Å². The van der Waals surface area contributed by atoms with Crippen LogP contribution in [0.25, 0.3) is 0 Å². The van der Waals surface area contributed by atoms with Gasteiger partial charge in [-0.25, -0.2) is 4.79 Å². The summed E-state index contributed by atoms with van der Waals surface area (Å²) in [5, 5.41) is 11.2. The Kier molecular flexibility index (Phi) is 3.28. The maximum atomic E-state index is 12.2. The third kappa shape index (κ3) is 2.07. The summed E-state index contributed by atoms with van der Waals surface area (Å²) in [5.41, 5.74) is 1.25. The zero-order valence-corrected chi connectivity index (χ0v) is 11.3. The average Bonchev–Trinajstić information content (AvgIpc) is 2.84. The number of halogens is 1. The second-order valence-corrected chi connectivity index (χ2v) is 5.18. The Morgan fingerprint density at radius 3 is 2.56 bits per heavy atom. The van der Waals surface area contributed by atoms with Crippen LogP contribution < -0.4 is 0 Å². The largest absolute Gasteiger partial charge is 0.477 e. The Morgan fingerprint density at radius 1 is 1.44 bits per heavy atom. The molecule has 2 aromatic heterocycles. The van der Waals surface area contributed by atoms with Crippen LogP contribution in [0.3, 0.4) is 0 Å². The van der Waals surface area contributed by atoms with E-state index >= 15 is 0 Å². The summed E-state index contributed by atoms with van der Waals surface area (Å²) in [6.45, 7) is 1.82. The van der Waals surface area contributed by atoms with Gasteiger partial charge in [0.25, 0.3) is 0 Å². The number of aryl methyl sites for hydroxylation is 2. The molecule has 0 amide bonds. The Morgan fingerprint density at radius 2 is 2.11 bits per heavy atom. The van der Waals surface area contributed by atoms with E-state index in [0.717, 1.165) is 5.56 Å². The minimum atomic E-state index is -1.06. The molecule has 94 valence electrons. The fourth-order valence-electron chi connectivity index (χ4n) is 1.62. The molecule has 2 aromatic rings. The first-order valence-corrected chi connectivity index (χ1v) is 6.35. The van der Waals surface area contributed by atoms with Crippen LogP contribution in [-0.4, -0.2) is 21.4 Å². The van der Waals surface area contributed by atoms with E-state index in [9.17, 15) is 9.59 Å². The van der Waals surface area contributed by atoms with Crippen LogP contribution in [0.5, 0.6) is 0 Å². The Bertz CT molecular complexity index is 642. The van der Waals surface area contributed by atoms with E-state index < -0.39 is 5.97 Å². The molecule has 0 atom stereocenters. The molecular weight excluding hydrogens is 274 g/mol. The van der Waals surface area contributed by atoms with Crippen molar-refractivity contribution in [3.8, 4) is 0 Å². The molecule has 0 aromatic carbocycles. The minimum Gasteiger partial charge on any atom is -0.477 e. The van der Waals surface area contributed by atoms with E-state index in [-0.39, 0.29) is 11.5 Å². The number of carbonyl (C=O) groups excluding carboxylic acids is 1. The van der Waals surface area contributed by atoms with Gasteiger partial charge < -0.3 is 9.67 Å². The molecule has 4 nitrogen and oxygen atoms in total. The van der Waals surface area contributed by atoms with Gasteiger partial charge >= 0.3 is 5.97 Å². The highest BCUT2D eigenvalue weighted by molar-refractivity contribution is 7.13. The first-order valence-electron chi connectivity index (χ1n) is 5.09. The molecule has 2 rings (SSSR count). The summed E-state index contributed by atoms with van der Waals surface area (Å²) in [4.78, 5) is 23.5. The number of rotatable bonds is 3. The molecule has 0 spiro atoms. The number of carboxylic acid groups (broad SMARTS) is 1. The van der Waals surface area contributed by atoms with Crippen LogP contribution in [0.1, 0.15) is 31.3 Å². The predicted molar refractivity (Wildman–Crippen MR) is 69.9 cm³/mol. The number of hydrogen-bond acceptors (Lipinski definition) is 3. The van der Waals surface area contributed by atoms with Crippen molar-refractivity contribution < 1.29 is 14.7 Å². The lowest BCUT2D eigenvalue weighted by molar-refractivity contribution is 0.0686. The number of carbonyl (C=O) groups is 2. The molecule has 1 N–H and O–H groups in total. The van der Waals surface area contributed by atoms with Crippen molar-refractivity contribution in [1.82, 2.24) is 4.57 Å². The van der Waals surface area contributed by atoms with Gasteiger partial charge in [0.15, 0.2) is 0 Å². The summed E-state index contributed by atoms with van der Waals surface area (Å²) in [6, 6.07) is 1.36. The van der Waals surface area contributed by atoms with Crippen molar-refractivity contribution in [3.05, 3.63) is 44.4 Å². The monoisotopic (exact) mass is 283 g/mol. The predicted octanol–water partition coefficient (Wildman–Crippen LogP) is 2.98. The second-order valence-electron chi connectivity index (χ2n) is 3.92. The van der Waals surface area contributed by atoms with Gasteiger partial charge in [0.2, 0.25) is 5.78 Å². The second kappa shape index (κ2) is 4.59. The van der Waals surface area contributed by atoms with Crippen LogP contribution in [-0.2, 0) is 7.05 Å². The molecule has 0 fully saturated rings. The van der Waals surface area contributed by atoms with Crippen molar-refractivity contribution in [2.24, 2.45) is 7.05 Å². The minimum absolute atomic E-state index is 0.0720. The molecule has 0 saturated carbocycles. The summed E-state index contributed by atoms with van der Waals surface area (Å²) in [5.74, 6) is -1.31. The van der Waals surface area contributed by atoms with Crippen molar-refractivity contribution in [1.29, 1.82) is 0 Å². The molecule has 2 heterocycles. The first kappa shape index (κ1) is 12.9. The number of aromatic carboxylic acids is 1. The van der Waals surface area contributed by atoms with Crippen molar-refractivity contribution in [3.63, 3.8) is 0 Å². The zero-order chi connectivity index (χ0) is 13.4. The fourth-order valence-corrected chi connectivity index (χ4v) is 2.86. The van der Waals surface area contributed by atoms with Crippen LogP contribution in [0, 0.1) is 6.92 Å². The standard InChI is InChI=1S/C12H10ClNO3S/c1-6-5-18-11(9(6)13)10(15)7-3-8(12(16)17)14(2)4-7/h3-5H,1-2H3,(H,16,17). The van der Waals surface area contributed by atoms with Crippen LogP contribution >= 0.6 is 22.9 Å². The van der Waals surface area contributed by atoms with E-state index in [1.807, 2.05) is 6.92 Å². The van der Waals surface area contributed by atoms with Gasteiger partial charge in [-0.3, -0.25) is 4.79 Å². The van der Waals surface area contributed by atoms with Crippen LogP contribution in [0.15, 0.2) is 17.6 Å². The van der Waals surface area contributed by atoms with Gasteiger partial charge in [0.05, 0.1) is 9.90 Å². The Hall–Kier alpha value is -1.59. The molecule has 0 aliphatic carbocycles. The molecule has 18 heavy (non-hydrogen) atoms. The number of thiophene rings is 1. The zero-order valence-electron chi connectivity index (χ0n) is 9.73. The number of hydrogen-bond donors (Lipinski definition) is 1. The Labute approximate surface area is 112 Å². The maximum absolute atomic E-state index is 12.2. The van der Waals surface area contributed by atoms with Gasteiger partial charge in [0, 0.05) is 18.8 Å². The fraction of sp³-hybridized carbons (Fsp3) is 0.167. The van der Waals surface area contributed by atoms with Gasteiger partial charge in [0.1, 0.15) is 5.69 Å². The normalized spacial score (nSPS) is 10.6. The third-order valence-electron chi connectivity index (χ3n) is 2.59. The quantitative estimate of drug-likeness (QED) is 0.881. The summed E-state index contributed by atoms with van der Waals surface area (Å²) in [7, 11) is 1.58. The van der Waals surface area contributed by atoms with Crippen molar-refractivity contribution >= 4 is 34.7 Å². The highest BCUT2D eigenvalue weighted by atomic mass is 35.5. The lowest BCUT2D eigenvalue weighted by Crippen LogP contribution is -2.02.